The standard InChI is InChI=1S/C19H22O6/c1-10-7-16(24-11(2)20)17(18(22)25-12(3)21)15-8-13(5-6-14(10)15)19(4)9-23-19/h7,13H,5-6,8-9H2,1-4H3. The van der Waals surface area contributed by atoms with Crippen LogP contribution in [-0.2, 0) is 31.9 Å². The van der Waals surface area contributed by atoms with Crippen molar-refractivity contribution in [1.29, 1.82) is 0 Å². The first kappa shape index (κ1) is 17.6. The first-order chi connectivity index (χ1) is 11.7. The van der Waals surface area contributed by atoms with Crippen molar-refractivity contribution in [2.24, 2.45) is 5.92 Å². The number of epoxide rings is 1. The molecule has 25 heavy (non-hydrogen) atoms. The maximum atomic E-state index is 12.5. The van der Waals surface area contributed by atoms with E-state index < -0.39 is 17.9 Å². The predicted molar refractivity (Wildman–Crippen MR) is 88.5 cm³/mol. The third-order valence-corrected chi connectivity index (χ3v) is 5.09. The van der Waals surface area contributed by atoms with Crippen LogP contribution < -0.4 is 4.74 Å². The quantitative estimate of drug-likeness (QED) is 0.362. The summed E-state index contributed by atoms with van der Waals surface area (Å²) in [5, 5.41) is 0. The van der Waals surface area contributed by atoms with Crippen LogP contribution in [0.2, 0.25) is 0 Å². The molecule has 3 rings (SSSR count). The number of hydrogen-bond acceptors (Lipinski definition) is 6. The zero-order chi connectivity index (χ0) is 18.4. The van der Waals surface area contributed by atoms with Crippen LogP contribution in [0.25, 0.3) is 0 Å². The van der Waals surface area contributed by atoms with E-state index in [1.54, 1.807) is 6.07 Å². The second-order valence-electron chi connectivity index (χ2n) is 7.04. The third kappa shape index (κ3) is 3.44. The summed E-state index contributed by atoms with van der Waals surface area (Å²) in [5.74, 6) is -1.57. The van der Waals surface area contributed by atoms with Crippen molar-refractivity contribution in [3.05, 3.63) is 28.3 Å². The summed E-state index contributed by atoms with van der Waals surface area (Å²) >= 11 is 0. The van der Waals surface area contributed by atoms with Crippen LogP contribution in [0, 0.1) is 12.8 Å². The van der Waals surface area contributed by atoms with Crippen LogP contribution in [0.4, 0.5) is 0 Å². The summed E-state index contributed by atoms with van der Waals surface area (Å²) in [6.45, 7) is 7.16. The second kappa shape index (κ2) is 6.26. The zero-order valence-corrected chi connectivity index (χ0v) is 14.9. The Morgan fingerprint density at radius 1 is 1.20 bits per heavy atom. The molecule has 1 fully saturated rings. The van der Waals surface area contributed by atoms with Crippen molar-refractivity contribution in [1.82, 2.24) is 0 Å². The smallest absolute Gasteiger partial charge is 0.349 e. The van der Waals surface area contributed by atoms with Crippen molar-refractivity contribution >= 4 is 17.9 Å². The number of fused-ring (bicyclic) bond motifs is 1. The molecule has 0 saturated carbocycles. The zero-order valence-electron chi connectivity index (χ0n) is 14.9. The molecule has 6 heteroatoms. The van der Waals surface area contributed by atoms with Crippen LogP contribution in [-0.4, -0.2) is 30.1 Å². The number of hydrogen-bond donors (Lipinski definition) is 0. The van der Waals surface area contributed by atoms with E-state index in [4.69, 9.17) is 14.2 Å². The lowest BCUT2D eigenvalue weighted by atomic mass is 9.75. The van der Waals surface area contributed by atoms with Gasteiger partial charge in [0.1, 0.15) is 11.3 Å². The number of carbonyl (C=O) groups excluding carboxylic acids is 3. The van der Waals surface area contributed by atoms with E-state index in [-0.39, 0.29) is 22.8 Å². The van der Waals surface area contributed by atoms with Gasteiger partial charge in [0.25, 0.3) is 0 Å². The summed E-state index contributed by atoms with van der Waals surface area (Å²) in [7, 11) is 0. The Morgan fingerprint density at radius 3 is 2.44 bits per heavy atom. The fourth-order valence-corrected chi connectivity index (χ4v) is 3.65. The van der Waals surface area contributed by atoms with Gasteiger partial charge in [-0.2, -0.15) is 0 Å². The summed E-state index contributed by atoms with van der Waals surface area (Å²) in [6.07, 6.45) is 2.41. The molecule has 1 aliphatic carbocycles. The minimum atomic E-state index is -0.775. The van der Waals surface area contributed by atoms with E-state index >= 15 is 0 Å². The number of esters is 3. The van der Waals surface area contributed by atoms with Gasteiger partial charge in [-0.05, 0) is 61.8 Å². The Kier molecular flexibility index (Phi) is 4.41. The largest absolute Gasteiger partial charge is 0.426 e. The first-order valence-electron chi connectivity index (χ1n) is 8.41. The molecule has 1 aromatic carbocycles. The van der Waals surface area contributed by atoms with Gasteiger partial charge in [0.05, 0.1) is 12.2 Å². The number of rotatable bonds is 3. The Balaban J connectivity index is 2.09. The maximum Gasteiger partial charge on any atom is 0.349 e. The number of aryl methyl sites for hydroxylation is 1. The number of benzene rings is 1. The van der Waals surface area contributed by atoms with Crippen LogP contribution in [0.3, 0.4) is 0 Å². The summed E-state index contributed by atoms with van der Waals surface area (Å²) in [4.78, 5) is 35.3. The minimum absolute atomic E-state index is 0.150. The Hall–Kier alpha value is -2.21. The molecule has 0 bridgehead atoms. The minimum Gasteiger partial charge on any atom is -0.426 e. The first-order valence-corrected chi connectivity index (χ1v) is 8.41. The predicted octanol–water partition coefficient (Wildman–Crippen LogP) is 2.52. The molecule has 0 spiro atoms. The van der Waals surface area contributed by atoms with E-state index in [0.29, 0.717) is 13.0 Å². The molecule has 2 aliphatic rings. The van der Waals surface area contributed by atoms with Gasteiger partial charge in [-0.15, -0.1) is 0 Å². The summed E-state index contributed by atoms with van der Waals surface area (Å²) in [6, 6.07) is 1.67. The molecule has 0 N–H and O–H groups in total. The number of ether oxygens (including phenoxy) is 3. The maximum absolute atomic E-state index is 12.5. The van der Waals surface area contributed by atoms with Crippen molar-refractivity contribution < 1.29 is 28.6 Å². The van der Waals surface area contributed by atoms with E-state index in [1.165, 1.54) is 13.8 Å². The molecule has 0 aromatic heterocycles. The normalized spacial score (nSPS) is 24.2. The lowest BCUT2D eigenvalue weighted by molar-refractivity contribution is -0.135. The van der Waals surface area contributed by atoms with Crippen LogP contribution in [0.5, 0.6) is 5.75 Å². The highest BCUT2D eigenvalue weighted by Gasteiger charge is 2.48. The van der Waals surface area contributed by atoms with Gasteiger partial charge in [-0.25, -0.2) is 4.79 Å². The van der Waals surface area contributed by atoms with Crippen molar-refractivity contribution in [3.8, 4) is 5.75 Å². The van der Waals surface area contributed by atoms with Crippen molar-refractivity contribution in [3.63, 3.8) is 0 Å². The summed E-state index contributed by atoms with van der Waals surface area (Å²) < 4.78 is 15.6. The highest BCUT2D eigenvalue weighted by Crippen LogP contribution is 2.45. The molecule has 6 nitrogen and oxygen atoms in total. The molecule has 1 aliphatic heterocycles. The molecule has 1 aromatic rings. The van der Waals surface area contributed by atoms with E-state index in [0.717, 1.165) is 29.5 Å². The van der Waals surface area contributed by atoms with Crippen LogP contribution >= 0.6 is 0 Å². The van der Waals surface area contributed by atoms with Gasteiger partial charge in [0, 0.05) is 13.8 Å². The molecule has 0 amide bonds. The molecular formula is C19H22O6. The van der Waals surface area contributed by atoms with Gasteiger partial charge in [0.15, 0.2) is 0 Å². The van der Waals surface area contributed by atoms with Gasteiger partial charge in [0.2, 0.25) is 0 Å². The van der Waals surface area contributed by atoms with E-state index in [2.05, 4.69) is 6.92 Å². The number of carbonyl (C=O) groups is 3. The molecule has 0 radical (unpaired) electrons. The van der Waals surface area contributed by atoms with Crippen molar-refractivity contribution in [2.75, 3.05) is 6.61 Å². The lowest BCUT2D eigenvalue weighted by Gasteiger charge is -2.30. The average Bonchev–Trinajstić information content (AvgIpc) is 3.24. The van der Waals surface area contributed by atoms with Gasteiger partial charge in [-0.3, -0.25) is 9.59 Å². The average molecular weight is 346 g/mol. The molecule has 1 saturated heterocycles. The molecule has 2 atom stereocenters. The monoisotopic (exact) mass is 346 g/mol. The Morgan fingerprint density at radius 2 is 1.88 bits per heavy atom. The molecule has 1 heterocycles. The van der Waals surface area contributed by atoms with Gasteiger partial charge < -0.3 is 14.2 Å². The van der Waals surface area contributed by atoms with E-state index in [1.807, 2.05) is 6.92 Å². The van der Waals surface area contributed by atoms with E-state index in [9.17, 15) is 14.4 Å². The Labute approximate surface area is 146 Å². The second-order valence-corrected chi connectivity index (χ2v) is 7.04. The fraction of sp³-hybridized carbons (Fsp3) is 0.526. The lowest BCUT2D eigenvalue weighted by Crippen LogP contribution is -2.29. The Bertz CT molecular complexity index is 760. The molecule has 134 valence electrons. The molecular weight excluding hydrogens is 324 g/mol. The highest BCUT2D eigenvalue weighted by atomic mass is 16.6. The van der Waals surface area contributed by atoms with Crippen LogP contribution in [0.15, 0.2) is 6.07 Å². The fourth-order valence-electron chi connectivity index (χ4n) is 3.65. The van der Waals surface area contributed by atoms with Gasteiger partial charge >= 0.3 is 17.9 Å². The summed E-state index contributed by atoms with van der Waals surface area (Å²) in [5.41, 5.74) is 2.85. The SMILES string of the molecule is CC(=O)OC(=O)c1c(OC(C)=O)cc(C)c2c1CC(C1(C)CO1)CC2. The van der Waals surface area contributed by atoms with Gasteiger partial charge in [-0.1, -0.05) is 0 Å². The third-order valence-electron chi connectivity index (χ3n) is 5.09. The highest BCUT2D eigenvalue weighted by molar-refractivity contribution is 6.00. The topological polar surface area (TPSA) is 82.2 Å². The molecule has 2 unspecified atom stereocenters. The van der Waals surface area contributed by atoms with Crippen LogP contribution in [0.1, 0.15) is 54.2 Å². The van der Waals surface area contributed by atoms with Crippen molar-refractivity contribution in [2.45, 2.75) is 52.6 Å².